The third-order valence-corrected chi connectivity index (χ3v) is 3.20. The van der Waals surface area contributed by atoms with E-state index in [1.165, 1.54) is 0 Å². The highest BCUT2D eigenvalue weighted by molar-refractivity contribution is 5.93. The molecule has 0 atom stereocenters. The van der Waals surface area contributed by atoms with E-state index in [1.54, 1.807) is 6.92 Å². The number of benzene rings is 1. The Kier molecular flexibility index (Phi) is 4.85. The van der Waals surface area contributed by atoms with E-state index in [0.717, 1.165) is 16.9 Å². The molecule has 118 valence electrons. The van der Waals surface area contributed by atoms with Crippen molar-refractivity contribution in [2.45, 2.75) is 47.3 Å². The van der Waals surface area contributed by atoms with Gasteiger partial charge >= 0.3 is 0 Å². The van der Waals surface area contributed by atoms with Crippen LogP contribution in [0.1, 0.15) is 46.8 Å². The second-order valence-electron chi connectivity index (χ2n) is 5.81. The maximum atomic E-state index is 12.1. The van der Waals surface area contributed by atoms with Crippen molar-refractivity contribution in [3.8, 4) is 5.75 Å². The number of carbonyl (C=O) groups excluding carboxylic acids is 1. The molecule has 0 fully saturated rings. The van der Waals surface area contributed by atoms with Crippen LogP contribution >= 0.6 is 0 Å². The Morgan fingerprint density at radius 3 is 2.45 bits per heavy atom. The Bertz CT molecular complexity index is 654. The lowest BCUT2D eigenvalue weighted by molar-refractivity contribution is 0.0932. The molecule has 2 aromatic rings. The fourth-order valence-corrected chi connectivity index (χ4v) is 2.24. The predicted octanol–water partition coefficient (Wildman–Crippen LogP) is 3.32. The Balaban J connectivity index is 2.16. The molecule has 5 heteroatoms. The van der Waals surface area contributed by atoms with Crippen molar-refractivity contribution in [2.24, 2.45) is 0 Å². The molecular formula is C17H22N2O3. The number of ether oxygens (including phenoxy) is 1. The van der Waals surface area contributed by atoms with Gasteiger partial charge in [-0.15, -0.1) is 0 Å². The summed E-state index contributed by atoms with van der Waals surface area (Å²) in [5.41, 5.74) is 3.23. The highest BCUT2D eigenvalue weighted by Gasteiger charge is 2.20. The maximum absolute atomic E-state index is 12.1. The summed E-state index contributed by atoms with van der Waals surface area (Å²) >= 11 is 0. The zero-order chi connectivity index (χ0) is 16.3. The summed E-state index contributed by atoms with van der Waals surface area (Å²) in [6.07, 6.45) is 0. The van der Waals surface area contributed by atoms with Gasteiger partial charge in [0.05, 0.1) is 5.56 Å². The van der Waals surface area contributed by atoms with Crippen molar-refractivity contribution < 1.29 is 14.1 Å². The SMILES string of the molecule is Cc1cc(C)cc(OCc2c(C(=O)NC(C)C)noc2C)c1. The molecule has 0 bridgehead atoms. The van der Waals surface area contributed by atoms with Crippen molar-refractivity contribution in [2.75, 3.05) is 0 Å². The average Bonchev–Trinajstić information content (AvgIpc) is 2.76. The second kappa shape index (κ2) is 6.64. The van der Waals surface area contributed by atoms with Crippen LogP contribution in [0.3, 0.4) is 0 Å². The third-order valence-electron chi connectivity index (χ3n) is 3.20. The first kappa shape index (κ1) is 16.1. The lowest BCUT2D eigenvalue weighted by atomic mass is 10.1. The van der Waals surface area contributed by atoms with Gasteiger partial charge in [0, 0.05) is 6.04 Å². The maximum Gasteiger partial charge on any atom is 0.274 e. The molecular weight excluding hydrogens is 280 g/mol. The highest BCUT2D eigenvalue weighted by Crippen LogP contribution is 2.20. The molecule has 0 saturated carbocycles. The van der Waals surface area contributed by atoms with Crippen molar-refractivity contribution in [1.82, 2.24) is 10.5 Å². The number of amides is 1. The van der Waals surface area contributed by atoms with Crippen molar-refractivity contribution in [3.05, 3.63) is 46.3 Å². The van der Waals surface area contributed by atoms with Gasteiger partial charge in [-0.3, -0.25) is 4.79 Å². The topological polar surface area (TPSA) is 64.4 Å². The Morgan fingerprint density at radius 1 is 1.23 bits per heavy atom. The van der Waals surface area contributed by atoms with E-state index >= 15 is 0 Å². The minimum Gasteiger partial charge on any atom is -0.489 e. The normalized spacial score (nSPS) is 10.8. The summed E-state index contributed by atoms with van der Waals surface area (Å²) in [4.78, 5) is 12.1. The van der Waals surface area contributed by atoms with Crippen LogP contribution in [-0.4, -0.2) is 17.1 Å². The summed E-state index contributed by atoms with van der Waals surface area (Å²) in [6, 6.07) is 6.05. The average molecular weight is 302 g/mol. The molecule has 0 spiro atoms. The van der Waals surface area contributed by atoms with Crippen molar-refractivity contribution >= 4 is 5.91 Å². The molecule has 0 saturated heterocycles. The van der Waals surface area contributed by atoms with E-state index in [1.807, 2.05) is 39.8 Å². The molecule has 2 rings (SSSR count). The van der Waals surface area contributed by atoms with Crippen LogP contribution in [0.4, 0.5) is 0 Å². The molecule has 22 heavy (non-hydrogen) atoms. The molecule has 1 N–H and O–H groups in total. The fraction of sp³-hybridized carbons (Fsp3) is 0.412. The fourth-order valence-electron chi connectivity index (χ4n) is 2.24. The zero-order valence-corrected chi connectivity index (χ0v) is 13.7. The molecule has 1 amide bonds. The number of hydrogen-bond acceptors (Lipinski definition) is 4. The van der Waals surface area contributed by atoms with Gasteiger partial charge in [-0.05, 0) is 57.9 Å². The number of rotatable bonds is 5. The van der Waals surface area contributed by atoms with Crippen LogP contribution in [0.25, 0.3) is 0 Å². The lowest BCUT2D eigenvalue weighted by Gasteiger charge is -2.10. The van der Waals surface area contributed by atoms with E-state index in [2.05, 4.69) is 16.5 Å². The minimum atomic E-state index is -0.245. The van der Waals surface area contributed by atoms with E-state index in [-0.39, 0.29) is 24.2 Å². The lowest BCUT2D eigenvalue weighted by Crippen LogP contribution is -2.31. The van der Waals surface area contributed by atoms with Gasteiger partial charge in [-0.1, -0.05) is 11.2 Å². The quantitative estimate of drug-likeness (QED) is 0.920. The second-order valence-corrected chi connectivity index (χ2v) is 5.81. The zero-order valence-electron chi connectivity index (χ0n) is 13.7. The first-order valence-electron chi connectivity index (χ1n) is 7.34. The van der Waals surface area contributed by atoms with Gasteiger partial charge in [0.25, 0.3) is 5.91 Å². The Morgan fingerprint density at radius 2 is 1.86 bits per heavy atom. The van der Waals surface area contributed by atoms with Gasteiger partial charge in [0.2, 0.25) is 0 Å². The number of aromatic nitrogens is 1. The molecule has 1 aromatic carbocycles. The summed E-state index contributed by atoms with van der Waals surface area (Å²) in [7, 11) is 0. The van der Waals surface area contributed by atoms with Crippen molar-refractivity contribution in [1.29, 1.82) is 0 Å². The van der Waals surface area contributed by atoms with Gasteiger partial charge in [-0.2, -0.15) is 0 Å². The molecule has 1 heterocycles. The molecule has 0 aliphatic heterocycles. The third kappa shape index (κ3) is 3.87. The van der Waals surface area contributed by atoms with Crippen molar-refractivity contribution in [3.63, 3.8) is 0 Å². The molecule has 0 aliphatic carbocycles. The van der Waals surface area contributed by atoms with Crippen LogP contribution in [0.5, 0.6) is 5.75 Å². The highest BCUT2D eigenvalue weighted by atomic mass is 16.5. The minimum absolute atomic E-state index is 0.0395. The Hall–Kier alpha value is -2.30. The number of nitrogens with one attached hydrogen (secondary N) is 1. The van der Waals surface area contributed by atoms with Crippen LogP contribution in [-0.2, 0) is 6.61 Å². The Labute approximate surface area is 130 Å². The summed E-state index contributed by atoms with van der Waals surface area (Å²) in [5, 5.41) is 6.66. The van der Waals surface area contributed by atoms with Gasteiger partial charge in [-0.25, -0.2) is 0 Å². The molecule has 0 aliphatic rings. The number of carbonyl (C=O) groups is 1. The van der Waals surface area contributed by atoms with Gasteiger partial charge in [0.15, 0.2) is 5.69 Å². The van der Waals surface area contributed by atoms with Crippen LogP contribution in [0.2, 0.25) is 0 Å². The molecule has 1 aromatic heterocycles. The molecule has 5 nitrogen and oxygen atoms in total. The van der Waals surface area contributed by atoms with Crippen LogP contribution in [0, 0.1) is 20.8 Å². The standard InChI is InChI=1S/C17H22N2O3/c1-10(2)18-17(20)16-15(13(5)22-19-16)9-21-14-7-11(3)6-12(4)8-14/h6-8,10H,9H2,1-5H3,(H,18,20). The van der Waals surface area contributed by atoms with E-state index in [9.17, 15) is 4.79 Å². The smallest absolute Gasteiger partial charge is 0.274 e. The van der Waals surface area contributed by atoms with Gasteiger partial charge < -0.3 is 14.6 Å². The number of nitrogens with zero attached hydrogens (tertiary/aromatic N) is 1. The van der Waals surface area contributed by atoms with E-state index in [0.29, 0.717) is 11.3 Å². The largest absolute Gasteiger partial charge is 0.489 e. The van der Waals surface area contributed by atoms with E-state index in [4.69, 9.17) is 9.26 Å². The van der Waals surface area contributed by atoms with Crippen LogP contribution in [0.15, 0.2) is 22.7 Å². The molecule has 0 unspecified atom stereocenters. The summed E-state index contributed by atoms with van der Waals surface area (Å²) < 4.78 is 11.0. The summed E-state index contributed by atoms with van der Waals surface area (Å²) in [6.45, 7) is 9.86. The predicted molar refractivity (Wildman–Crippen MR) is 84.1 cm³/mol. The number of aryl methyl sites for hydroxylation is 3. The van der Waals surface area contributed by atoms with Gasteiger partial charge in [0.1, 0.15) is 18.1 Å². The van der Waals surface area contributed by atoms with Crippen LogP contribution < -0.4 is 10.1 Å². The number of hydrogen-bond donors (Lipinski definition) is 1. The van der Waals surface area contributed by atoms with E-state index < -0.39 is 0 Å². The first-order chi connectivity index (χ1) is 10.4. The monoisotopic (exact) mass is 302 g/mol. The first-order valence-corrected chi connectivity index (χ1v) is 7.34. The molecule has 0 radical (unpaired) electrons. The summed E-state index contributed by atoms with van der Waals surface area (Å²) in [5.74, 6) is 1.12.